The number of urea groups is 1. The van der Waals surface area contributed by atoms with Crippen molar-refractivity contribution in [2.75, 3.05) is 25.1 Å². The molecule has 1 aromatic carbocycles. The highest BCUT2D eigenvalue weighted by atomic mass is 32.2. The van der Waals surface area contributed by atoms with Crippen molar-refractivity contribution in [1.82, 2.24) is 10.2 Å². The Labute approximate surface area is 135 Å². The van der Waals surface area contributed by atoms with Crippen LogP contribution in [0, 0.1) is 0 Å². The van der Waals surface area contributed by atoms with E-state index in [0.717, 1.165) is 18.7 Å². The number of hydrogen-bond donors (Lipinski definition) is 2. The Kier molecular flexibility index (Phi) is 6.12. The maximum Gasteiger partial charge on any atom is 0.312 e. The largest absolute Gasteiger partial charge is 0.352 e. The first kappa shape index (κ1) is 16.7. The van der Waals surface area contributed by atoms with Crippen LogP contribution in [0.25, 0.3) is 0 Å². The van der Waals surface area contributed by atoms with Gasteiger partial charge in [0.05, 0.1) is 0 Å². The number of nitrogens with two attached hydrogens (primary N) is 1. The van der Waals surface area contributed by atoms with Crippen LogP contribution in [-0.2, 0) is 4.79 Å². The quantitative estimate of drug-likeness (QED) is 0.839. The minimum Gasteiger partial charge on any atom is -0.352 e. The third kappa shape index (κ3) is 4.40. The van der Waals surface area contributed by atoms with Crippen molar-refractivity contribution < 1.29 is 9.59 Å². The molecule has 0 spiro atoms. The highest BCUT2D eigenvalue weighted by Gasteiger charge is 2.31. The number of nitrogens with zero attached hydrogens (tertiary/aromatic N) is 1. The van der Waals surface area contributed by atoms with Crippen LogP contribution in [0.5, 0.6) is 0 Å². The van der Waals surface area contributed by atoms with Gasteiger partial charge in [0.25, 0.3) is 0 Å². The van der Waals surface area contributed by atoms with E-state index in [9.17, 15) is 9.59 Å². The minimum atomic E-state index is -0.641. The number of amides is 3. The van der Waals surface area contributed by atoms with Gasteiger partial charge in [-0.25, -0.2) is 4.79 Å². The van der Waals surface area contributed by atoms with Gasteiger partial charge in [0.1, 0.15) is 6.04 Å². The molecule has 0 unspecified atom stereocenters. The third-order valence-corrected chi connectivity index (χ3v) is 4.64. The SMILES string of the molecule is CSCC[C@H](NC(N)=O)C(=O)N1CC[C@@H](c2ccccc2)C1. The van der Waals surface area contributed by atoms with Crippen LogP contribution in [0.1, 0.15) is 24.3 Å². The monoisotopic (exact) mass is 321 g/mol. The number of carbonyl (C=O) groups is 2. The van der Waals surface area contributed by atoms with Crippen molar-refractivity contribution in [1.29, 1.82) is 0 Å². The van der Waals surface area contributed by atoms with Crippen LogP contribution in [-0.4, -0.2) is 48.0 Å². The topological polar surface area (TPSA) is 75.4 Å². The Bertz CT molecular complexity index is 509. The summed E-state index contributed by atoms with van der Waals surface area (Å²) >= 11 is 1.65. The van der Waals surface area contributed by atoms with Gasteiger partial charge in [-0.1, -0.05) is 30.3 Å². The minimum absolute atomic E-state index is 0.0220. The number of benzene rings is 1. The van der Waals surface area contributed by atoms with Gasteiger partial charge in [-0.15, -0.1) is 0 Å². The summed E-state index contributed by atoms with van der Waals surface area (Å²) in [7, 11) is 0. The van der Waals surface area contributed by atoms with Crippen LogP contribution in [0.3, 0.4) is 0 Å². The zero-order chi connectivity index (χ0) is 15.9. The van der Waals surface area contributed by atoms with Crippen molar-refractivity contribution in [3.63, 3.8) is 0 Å². The second-order valence-corrected chi connectivity index (χ2v) is 6.51. The van der Waals surface area contributed by atoms with E-state index in [0.29, 0.717) is 18.9 Å². The lowest BCUT2D eigenvalue weighted by Gasteiger charge is -2.23. The highest BCUT2D eigenvalue weighted by molar-refractivity contribution is 7.98. The van der Waals surface area contributed by atoms with Crippen LogP contribution in [0.4, 0.5) is 4.79 Å². The van der Waals surface area contributed by atoms with Gasteiger partial charge in [0.15, 0.2) is 0 Å². The molecule has 6 heteroatoms. The second kappa shape index (κ2) is 8.08. The molecule has 120 valence electrons. The average molecular weight is 321 g/mol. The van der Waals surface area contributed by atoms with Crippen LogP contribution >= 0.6 is 11.8 Å². The molecular formula is C16H23N3O2S. The van der Waals surface area contributed by atoms with E-state index in [1.54, 1.807) is 11.8 Å². The summed E-state index contributed by atoms with van der Waals surface area (Å²) in [6, 6.07) is 9.09. The van der Waals surface area contributed by atoms with E-state index in [4.69, 9.17) is 5.73 Å². The summed E-state index contributed by atoms with van der Waals surface area (Å²) in [5, 5.41) is 2.58. The molecule has 1 heterocycles. The number of hydrogen-bond acceptors (Lipinski definition) is 3. The number of primary amides is 1. The van der Waals surface area contributed by atoms with E-state index in [-0.39, 0.29) is 5.91 Å². The Balaban J connectivity index is 1.97. The molecule has 0 radical (unpaired) electrons. The molecule has 1 aliphatic heterocycles. The molecule has 1 fully saturated rings. The molecule has 22 heavy (non-hydrogen) atoms. The lowest BCUT2D eigenvalue weighted by atomic mass is 9.99. The molecule has 2 rings (SSSR count). The highest BCUT2D eigenvalue weighted by Crippen LogP contribution is 2.27. The summed E-state index contributed by atoms with van der Waals surface area (Å²) in [6.45, 7) is 1.44. The molecule has 3 N–H and O–H groups in total. The van der Waals surface area contributed by atoms with Gasteiger partial charge in [0.2, 0.25) is 5.91 Å². The fourth-order valence-corrected chi connectivity index (χ4v) is 3.31. The summed E-state index contributed by atoms with van der Waals surface area (Å²) in [5.41, 5.74) is 6.46. The molecule has 2 atom stereocenters. The lowest BCUT2D eigenvalue weighted by Crippen LogP contribution is -2.49. The van der Waals surface area contributed by atoms with Gasteiger partial charge in [-0.2, -0.15) is 11.8 Å². The van der Waals surface area contributed by atoms with Gasteiger partial charge < -0.3 is 16.0 Å². The fraction of sp³-hybridized carbons (Fsp3) is 0.500. The van der Waals surface area contributed by atoms with Crippen molar-refractivity contribution in [3.8, 4) is 0 Å². The Morgan fingerprint density at radius 3 is 2.77 bits per heavy atom. The zero-order valence-electron chi connectivity index (χ0n) is 12.8. The fourth-order valence-electron chi connectivity index (χ4n) is 2.84. The van der Waals surface area contributed by atoms with Gasteiger partial charge in [-0.05, 0) is 30.4 Å². The van der Waals surface area contributed by atoms with E-state index in [1.165, 1.54) is 5.56 Å². The molecule has 1 saturated heterocycles. The Morgan fingerprint density at radius 2 is 2.14 bits per heavy atom. The number of rotatable bonds is 6. The Hall–Kier alpha value is -1.69. The van der Waals surface area contributed by atoms with Gasteiger partial charge in [-0.3, -0.25) is 4.79 Å². The summed E-state index contributed by atoms with van der Waals surface area (Å²) < 4.78 is 0. The van der Waals surface area contributed by atoms with E-state index < -0.39 is 12.1 Å². The number of carbonyl (C=O) groups excluding carboxylic acids is 2. The van der Waals surface area contributed by atoms with Gasteiger partial charge in [0, 0.05) is 19.0 Å². The normalized spacial score (nSPS) is 19.0. The lowest BCUT2D eigenvalue weighted by molar-refractivity contribution is -0.132. The average Bonchev–Trinajstić information content (AvgIpc) is 3.01. The van der Waals surface area contributed by atoms with E-state index >= 15 is 0 Å². The molecule has 1 aliphatic rings. The standard InChI is InChI=1S/C16H23N3O2S/c1-22-10-8-14(18-16(17)21)15(20)19-9-7-13(11-19)12-5-3-2-4-6-12/h2-6,13-14H,7-11H2,1H3,(H3,17,18,21)/t13-,14+/m1/s1. The molecule has 0 aromatic heterocycles. The van der Waals surface area contributed by atoms with Crippen LogP contribution in [0.15, 0.2) is 30.3 Å². The van der Waals surface area contributed by atoms with Crippen molar-refractivity contribution >= 4 is 23.7 Å². The molecule has 3 amide bonds. The molecule has 0 saturated carbocycles. The van der Waals surface area contributed by atoms with Crippen LogP contribution < -0.4 is 11.1 Å². The third-order valence-electron chi connectivity index (χ3n) is 4.00. The zero-order valence-corrected chi connectivity index (χ0v) is 13.6. The van der Waals surface area contributed by atoms with Crippen molar-refractivity contribution in [3.05, 3.63) is 35.9 Å². The van der Waals surface area contributed by atoms with E-state index in [2.05, 4.69) is 17.4 Å². The molecule has 1 aromatic rings. The van der Waals surface area contributed by atoms with Crippen molar-refractivity contribution in [2.45, 2.75) is 24.8 Å². The molecule has 5 nitrogen and oxygen atoms in total. The maximum absolute atomic E-state index is 12.6. The Morgan fingerprint density at radius 1 is 1.41 bits per heavy atom. The summed E-state index contributed by atoms with van der Waals surface area (Å²) in [6.07, 6.45) is 3.55. The summed E-state index contributed by atoms with van der Waals surface area (Å²) in [5.74, 6) is 1.17. The first-order valence-electron chi connectivity index (χ1n) is 7.50. The summed E-state index contributed by atoms with van der Waals surface area (Å²) in [4.78, 5) is 25.6. The first-order valence-corrected chi connectivity index (χ1v) is 8.90. The predicted molar refractivity (Wildman–Crippen MR) is 89.9 cm³/mol. The first-order chi connectivity index (χ1) is 10.6. The maximum atomic E-state index is 12.6. The van der Waals surface area contributed by atoms with Crippen molar-refractivity contribution in [2.24, 2.45) is 5.73 Å². The van der Waals surface area contributed by atoms with Crippen LogP contribution in [0.2, 0.25) is 0 Å². The van der Waals surface area contributed by atoms with Gasteiger partial charge >= 0.3 is 6.03 Å². The predicted octanol–water partition coefficient (Wildman–Crippen LogP) is 1.79. The smallest absolute Gasteiger partial charge is 0.312 e. The van der Waals surface area contributed by atoms with E-state index in [1.807, 2.05) is 29.4 Å². The number of thioether (sulfide) groups is 1. The molecule has 0 aliphatic carbocycles. The second-order valence-electron chi connectivity index (χ2n) is 5.52. The molecule has 0 bridgehead atoms. The number of likely N-dealkylation sites (tertiary alicyclic amines) is 1. The number of nitrogens with one attached hydrogen (secondary N) is 1. The molecular weight excluding hydrogens is 298 g/mol.